The van der Waals surface area contributed by atoms with Gasteiger partial charge in [0.15, 0.2) is 5.82 Å². The quantitative estimate of drug-likeness (QED) is 0.789. The Morgan fingerprint density at radius 1 is 1.41 bits per heavy atom. The Labute approximate surface area is 169 Å². The lowest BCUT2D eigenvalue weighted by atomic mass is 9.94. The minimum absolute atomic E-state index is 0.0222. The lowest BCUT2D eigenvalue weighted by Gasteiger charge is -2.23. The minimum atomic E-state index is -1.08. The standard InChI is InChI=1S/C20H17ClF2N2O4/c1-10-3-4-12(20(27)28)6-16(10)25-11(2)5-17(18(21)19(25)26)29-9-15-14(23)7-13(22)8-24-15/h4-8,10H,3,9H2,1-2H3,(H,27,28). The zero-order valence-corrected chi connectivity index (χ0v) is 16.3. The van der Waals surface area contributed by atoms with E-state index >= 15 is 0 Å². The van der Waals surface area contributed by atoms with Crippen LogP contribution in [0, 0.1) is 24.5 Å². The average molecular weight is 423 g/mol. The summed E-state index contributed by atoms with van der Waals surface area (Å²) in [4.78, 5) is 27.8. The topological polar surface area (TPSA) is 81.4 Å². The molecule has 0 aliphatic heterocycles. The second-order valence-corrected chi connectivity index (χ2v) is 7.02. The van der Waals surface area contributed by atoms with Crippen molar-refractivity contribution in [1.82, 2.24) is 9.55 Å². The summed E-state index contributed by atoms with van der Waals surface area (Å²) < 4.78 is 33.5. The van der Waals surface area contributed by atoms with E-state index in [9.17, 15) is 23.5 Å². The van der Waals surface area contributed by atoms with Crippen molar-refractivity contribution in [2.24, 2.45) is 5.92 Å². The van der Waals surface area contributed by atoms with Crippen LogP contribution in [0.15, 0.2) is 40.8 Å². The van der Waals surface area contributed by atoms with E-state index in [1.807, 2.05) is 6.92 Å². The van der Waals surface area contributed by atoms with E-state index in [1.54, 1.807) is 13.0 Å². The number of halogens is 3. The van der Waals surface area contributed by atoms with Gasteiger partial charge in [0, 0.05) is 29.4 Å². The molecule has 0 fully saturated rings. The first kappa shape index (κ1) is 20.7. The fourth-order valence-corrected chi connectivity index (χ4v) is 3.22. The van der Waals surface area contributed by atoms with Gasteiger partial charge in [-0.3, -0.25) is 14.3 Å². The summed E-state index contributed by atoms with van der Waals surface area (Å²) in [7, 11) is 0. The minimum Gasteiger partial charge on any atom is -0.485 e. The molecule has 1 N–H and O–H groups in total. The largest absolute Gasteiger partial charge is 0.485 e. The molecule has 0 bridgehead atoms. The highest BCUT2D eigenvalue weighted by atomic mass is 35.5. The van der Waals surface area contributed by atoms with Gasteiger partial charge in [-0.1, -0.05) is 24.6 Å². The number of rotatable bonds is 5. The molecule has 1 aliphatic carbocycles. The van der Waals surface area contributed by atoms with Crippen molar-refractivity contribution in [3.63, 3.8) is 0 Å². The molecule has 9 heteroatoms. The van der Waals surface area contributed by atoms with Crippen molar-refractivity contribution in [1.29, 1.82) is 0 Å². The molecule has 2 aromatic heterocycles. The van der Waals surface area contributed by atoms with Gasteiger partial charge in [0.05, 0.1) is 11.8 Å². The second-order valence-electron chi connectivity index (χ2n) is 6.65. The fraction of sp³-hybridized carbons (Fsp3) is 0.250. The summed E-state index contributed by atoms with van der Waals surface area (Å²) in [5, 5.41) is 9.00. The molecule has 0 amide bonds. The van der Waals surface area contributed by atoms with E-state index in [1.165, 1.54) is 16.7 Å². The van der Waals surface area contributed by atoms with E-state index in [2.05, 4.69) is 4.98 Å². The predicted octanol–water partition coefficient (Wildman–Crippen LogP) is 3.95. The zero-order chi connectivity index (χ0) is 21.3. The smallest absolute Gasteiger partial charge is 0.335 e. The number of carboxylic acids is 1. The third-order valence-corrected chi connectivity index (χ3v) is 4.90. The van der Waals surface area contributed by atoms with Crippen molar-refractivity contribution >= 4 is 23.3 Å². The van der Waals surface area contributed by atoms with Gasteiger partial charge < -0.3 is 9.84 Å². The monoisotopic (exact) mass is 422 g/mol. The maximum Gasteiger partial charge on any atom is 0.335 e. The first-order valence-electron chi connectivity index (χ1n) is 8.69. The summed E-state index contributed by atoms with van der Waals surface area (Å²) in [6.07, 6.45) is 4.36. The van der Waals surface area contributed by atoms with Gasteiger partial charge in [0.25, 0.3) is 5.56 Å². The molecule has 1 atom stereocenters. The molecule has 0 radical (unpaired) electrons. The number of pyridine rings is 2. The van der Waals surface area contributed by atoms with Crippen molar-refractivity contribution < 1.29 is 23.4 Å². The summed E-state index contributed by atoms with van der Waals surface area (Å²) in [6, 6.07) is 2.18. The van der Waals surface area contributed by atoms with Crippen LogP contribution < -0.4 is 10.3 Å². The number of allylic oxidation sites excluding steroid dienone is 2. The molecule has 0 saturated carbocycles. The van der Waals surface area contributed by atoms with Gasteiger partial charge in [0.1, 0.15) is 28.9 Å². The van der Waals surface area contributed by atoms with Crippen LogP contribution in [0.3, 0.4) is 0 Å². The number of aliphatic carboxylic acids is 1. The first-order valence-corrected chi connectivity index (χ1v) is 9.07. The molecule has 0 spiro atoms. The Balaban J connectivity index is 1.95. The van der Waals surface area contributed by atoms with Gasteiger partial charge in [0.2, 0.25) is 0 Å². The van der Waals surface area contributed by atoms with Crippen molar-refractivity contribution in [3.8, 4) is 5.75 Å². The molecule has 3 rings (SSSR count). The Kier molecular flexibility index (Phi) is 5.83. The average Bonchev–Trinajstić information content (AvgIpc) is 2.66. The number of aryl methyl sites for hydroxylation is 1. The van der Waals surface area contributed by atoms with E-state index in [-0.39, 0.29) is 34.6 Å². The van der Waals surface area contributed by atoms with Gasteiger partial charge in [-0.05, 0) is 19.4 Å². The van der Waals surface area contributed by atoms with E-state index < -0.39 is 23.2 Å². The highest BCUT2D eigenvalue weighted by Crippen LogP contribution is 2.30. The van der Waals surface area contributed by atoms with Crippen LogP contribution in [-0.2, 0) is 11.4 Å². The maximum atomic E-state index is 13.7. The molecular weight excluding hydrogens is 406 g/mol. The molecule has 29 heavy (non-hydrogen) atoms. The van der Waals surface area contributed by atoms with Crippen molar-refractivity contribution in [2.75, 3.05) is 0 Å². The molecule has 1 unspecified atom stereocenters. The van der Waals surface area contributed by atoms with Crippen LogP contribution >= 0.6 is 11.6 Å². The third-order valence-electron chi connectivity index (χ3n) is 4.55. The van der Waals surface area contributed by atoms with Gasteiger partial charge >= 0.3 is 5.97 Å². The summed E-state index contributed by atoms with van der Waals surface area (Å²) >= 11 is 6.18. The van der Waals surface area contributed by atoms with Crippen LogP contribution in [0.2, 0.25) is 5.02 Å². The number of hydrogen-bond donors (Lipinski definition) is 1. The molecule has 152 valence electrons. The first-order chi connectivity index (χ1) is 13.7. The maximum absolute atomic E-state index is 13.7. The Morgan fingerprint density at radius 2 is 2.14 bits per heavy atom. The predicted molar refractivity (Wildman–Crippen MR) is 103 cm³/mol. The molecule has 6 nitrogen and oxygen atoms in total. The Morgan fingerprint density at radius 3 is 2.79 bits per heavy atom. The molecule has 2 heterocycles. The van der Waals surface area contributed by atoms with Crippen LogP contribution in [0.1, 0.15) is 24.7 Å². The second kappa shape index (κ2) is 8.16. The van der Waals surface area contributed by atoms with E-state index in [0.29, 0.717) is 23.9 Å². The van der Waals surface area contributed by atoms with Gasteiger partial charge in [-0.15, -0.1) is 0 Å². The summed E-state index contributed by atoms with van der Waals surface area (Å²) in [6.45, 7) is 3.17. The highest BCUT2D eigenvalue weighted by Gasteiger charge is 2.23. The molecule has 0 saturated heterocycles. The number of carbonyl (C=O) groups is 1. The number of ether oxygens (including phenoxy) is 1. The summed E-state index contributed by atoms with van der Waals surface area (Å²) in [5.74, 6) is -2.85. The molecular formula is C20H17ClF2N2O4. The van der Waals surface area contributed by atoms with Crippen LogP contribution in [-0.4, -0.2) is 20.6 Å². The molecule has 2 aromatic rings. The van der Waals surface area contributed by atoms with Gasteiger partial charge in [-0.2, -0.15) is 0 Å². The summed E-state index contributed by atoms with van der Waals surface area (Å²) in [5.41, 5.74) is 0.348. The number of hydrogen-bond acceptors (Lipinski definition) is 4. The van der Waals surface area contributed by atoms with Crippen molar-refractivity contribution in [3.05, 3.63) is 74.5 Å². The van der Waals surface area contributed by atoms with Crippen LogP contribution in [0.4, 0.5) is 8.78 Å². The normalized spacial score (nSPS) is 16.2. The van der Waals surface area contributed by atoms with Crippen LogP contribution in [0.25, 0.3) is 5.70 Å². The number of aromatic nitrogens is 2. The lowest BCUT2D eigenvalue weighted by molar-refractivity contribution is -0.132. The Hall–Kier alpha value is -3.00. The fourth-order valence-electron chi connectivity index (χ4n) is 3.02. The Bertz CT molecular complexity index is 1110. The van der Waals surface area contributed by atoms with Gasteiger partial charge in [-0.25, -0.2) is 13.6 Å². The SMILES string of the molecule is Cc1cc(OCc2ncc(F)cc2F)c(Cl)c(=O)n1C1=CC(C(=O)O)=CCC1C. The molecule has 0 aromatic carbocycles. The third kappa shape index (κ3) is 4.22. The van der Waals surface area contributed by atoms with Crippen molar-refractivity contribution in [2.45, 2.75) is 26.9 Å². The lowest BCUT2D eigenvalue weighted by Crippen LogP contribution is -2.26. The molecule has 1 aliphatic rings. The number of carboxylic acid groups (broad SMARTS) is 1. The zero-order valence-electron chi connectivity index (χ0n) is 15.6. The van der Waals surface area contributed by atoms with E-state index in [0.717, 1.165) is 6.20 Å². The van der Waals surface area contributed by atoms with Crippen LogP contribution in [0.5, 0.6) is 5.75 Å². The number of nitrogens with zero attached hydrogens (tertiary/aromatic N) is 2. The van der Waals surface area contributed by atoms with E-state index in [4.69, 9.17) is 16.3 Å². The highest BCUT2D eigenvalue weighted by molar-refractivity contribution is 6.31.